The van der Waals surface area contributed by atoms with Gasteiger partial charge in [-0.05, 0) is 19.2 Å². The van der Waals surface area contributed by atoms with Gasteiger partial charge in [0, 0.05) is 6.20 Å². The van der Waals surface area contributed by atoms with Gasteiger partial charge in [0.25, 0.3) is 0 Å². The van der Waals surface area contributed by atoms with E-state index in [1.807, 2.05) is 0 Å². The van der Waals surface area contributed by atoms with Crippen LogP contribution >= 0.6 is 0 Å². The molecular weight excluding hydrogens is 170 g/mol. The van der Waals surface area contributed by atoms with Crippen LogP contribution in [0.1, 0.15) is 0 Å². The Labute approximate surface area is 75.8 Å². The summed E-state index contributed by atoms with van der Waals surface area (Å²) in [5.41, 5.74) is 0. The molecule has 70 valence electrons. The lowest BCUT2D eigenvalue weighted by atomic mass is 10.4. The molecule has 0 aliphatic rings. The van der Waals surface area contributed by atoms with Crippen molar-refractivity contribution in [1.29, 1.82) is 0 Å². The molecular formula is C8H11N3O2. The first-order chi connectivity index (χ1) is 6.24. The lowest BCUT2D eigenvalue weighted by Gasteiger charge is -2.04. The van der Waals surface area contributed by atoms with E-state index in [0.717, 1.165) is 0 Å². The Balaban J connectivity index is 2.63. The van der Waals surface area contributed by atoms with Gasteiger partial charge in [-0.1, -0.05) is 0 Å². The first-order valence-corrected chi connectivity index (χ1v) is 3.82. The maximum atomic E-state index is 11.0. The van der Waals surface area contributed by atoms with Crippen molar-refractivity contribution in [2.75, 3.05) is 18.9 Å². The average Bonchev–Trinajstić information content (AvgIpc) is 2.09. The Morgan fingerprint density at radius 2 is 2.46 bits per heavy atom. The number of carbonyl (C=O) groups is 1. The first kappa shape index (κ1) is 9.47. The number of pyridine rings is 1. The van der Waals surface area contributed by atoms with Crippen LogP contribution in [0.5, 0.6) is 5.75 Å². The second-order valence-electron chi connectivity index (χ2n) is 2.45. The van der Waals surface area contributed by atoms with Crippen LogP contribution in [0.2, 0.25) is 0 Å². The molecule has 1 amide bonds. The molecule has 0 unspecified atom stereocenters. The molecule has 0 saturated carbocycles. The highest BCUT2D eigenvalue weighted by molar-refractivity contribution is 5.92. The van der Waals surface area contributed by atoms with E-state index in [1.54, 1.807) is 13.1 Å². The molecule has 0 radical (unpaired) electrons. The number of carbonyl (C=O) groups excluding carboxylic acids is 1. The molecule has 1 aromatic heterocycles. The number of amides is 1. The number of hydrogen-bond donors (Lipinski definition) is 3. The van der Waals surface area contributed by atoms with E-state index in [0.29, 0.717) is 0 Å². The van der Waals surface area contributed by atoms with Gasteiger partial charge in [-0.25, -0.2) is 4.98 Å². The lowest BCUT2D eigenvalue weighted by Crippen LogP contribution is -2.25. The van der Waals surface area contributed by atoms with Gasteiger partial charge in [0.05, 0.1) is 6.54 Å². The molecule has 1 aromatic rings. The molecule has 13 heavy (non-hydrogen) atoms. The Kier molecular flexibility index (Phi) is 3.22. The summed E-state index contributed by atoms with van der Waals surface area (Å²) in [5, 5.41) is 14.4. The van der Waals surface area contributed by atoms with E-state index in [9.17, 15) is 9.90 Å². The predicted molar refractivity (Wildman–Crippen MR) is 48.5 cm³/mol. The predicted octanol–water partition coefficient (Wildman–Crippen LogP) is -0.0549. The highest BCUT2D eigenvalue weighted by atomic mass is 16.3. The number of nitrogens with zero attached hydrogens (tertiary/aromatic N) is 1. The normalized spacial score (nSPS) is 9.62. The van der Waals surface area contributed by atoms with Crippen LogP contribution in [-0.4, -0.2) is 29.6 Å². The third-order valence-electron chi connectivity index (χ3n) is 1.38. The maximum Gasteiger partial charge on any atom is 0.239 e. The quantitative estimate of drug-likeness (QED) is 0.611. The number of nitrogens with one attached hydrogen (secondary N) is 2. The number of rotatable bonds is 3. The van der Waals surface area contributed by atoms with E-state index in [1.165, 1.54) is 12.3 Å². The molecule has 1 rings (SSSR count). The highest BCUT2D eigenvalue weighted by Gasteiger charge is 2.04. The first-order valence-electron chi connectivity index (χ1n) is 3.82. The van der Waals surface area contributed by atoms with Crippen molar-refractivity contribution in [3.63, 3.8) is 0 Å². The molecule has 0 aliphatic carbocycles. The Morgan fingerprint density at radius 3 is 3.08 bits per heavy atom. The van der Waals surface area contributed by atoms with Crippen molar-refractivity contribution in [2.24, 2.45) is 0 Å². The fraction of sp³-hybridized carbons (Fsp3) is 0.250. The zero-order valence-corrected chi connectivity index (χ0v) is 7.24. The van der Waals surface area contributed by atoms with Crippen molar-refractivity contribution in [3.05, 3.63) is 18.3 Å². The minimum atomic E-state index is -0.239. The topological polar surface area (TPSA) is 74.2 Å². The summed E-state index contributed by atoms with van der Waals surface area (Å²) in [5.74, 6) is -0.0915. The monoisotopic (exact) mass is 181 g/mol. The van der Waals surface area contributed by atoms with Gasteiger partial charge in [-0.15, -0.1) is 0 Å². The molecule has 0 atom stereocenters. The summed E-state index contributed by atoms with van der Waals surface area (Å²) in [4.78, 5) is 14.8. The number of aromatic nitrogens is 1. The molecule has 1 heterocycles. The summed E-state index contributed by atoms with van der Waals surface area (Å²) in [6, 6.07) is 3.05. The number of hydrogen-bond acceptors (Lipinski definition) is 4. The summed E-state index contributed by atoms with van der Waals surface area (Å²) in [6.07, 6.45) is 1.49. The highest BCUT2D eigenvalue weighted by Crippen LogP contribution is 2.17. The average molecular weight is 181 g/mol. The van der Waals surface area contributed by atoms with Crippen molar-refractivity contribution in [1.82, 2.24) is 10.3 Å². The van der Waals surface area contributed by atoms with Gasteiger partial charge in [-0.2, -0.15) is 0 Å². The molecule has 0 bridgehead atoms. The molecule has 5 heteroatoms. The Bertz CT molecular complexity index is 301. The molecule has 0 aliphatic heterocycles. The smallest absolute Gasteiger partial charge is 0.239 e. The van der Waals surface area contributed by atoms with Crippen molar-refractivity contribution >= 4 is 11.7 Å². The van der Waals surface area contributed by atoms with Gasteiger partial charge in [0.15, 0.2) is 11.6 Å². The van der Waals surface area contributed by atoms with Gasteiger partial charge in [0.2, 0.25) is 5.91 Å². The van der Waals surface area contributed by atoms with Crippen molar-refractivity contribution < 1.29 is 9.90 Å². The SMILES string of the molecule is CNCC(=O)Nc1ncccc1O. The van der Waals surface area contributed by atoms with Crippen LogP contribution in [-0.2, 0) is 4.79 Å². The second-order valence-corrected chi connectivity index (χ2v) is 2.45. The minimum absolute atomic E-state index is 0.0352. The van der Waals surface area contributed by atoms with E-state index >= 15 is 0 Å². The van der Waals surface area contributed by atoms with Gasteiger partial charge in [-0.3, -0.25) is 4.79 Å². The second kappa shape index (κ2) is 4.42. The van der Waals surface area contributed by atoms with E-state index in [4.69, 9.17) is 0 Å². The fourth-order valence-electron chi connectivity index (χ4n) is 0.830. The summed E-state index contributed by atoms with van der Waals surface area (Å²) in [6.45, 7) is 0.190. The molecule has 0 saturated heterocycles. The summed E-state index contributed by atoms with van der Waals surface area (Å²) in [7, 11) is 1.66. The number of likely N-dealkylation sites (N-methyl/N-ethyl adjacent to an activating group) is 1. The van der Waals surface area contributed by atoms with Gasteiger partial charge in [0.1, 0.15) is 0 Å². The van der Waals surface area contributed by atoms with E-state index in [-0.39, 0.29) is 24.0 Å². The standard InChI is InChI=1S/C8H11N3O2/c1-9-5-7(13)11-8-6(12)3-2-4-10-8/h2-4,9,12H,5H2,1H3,(H,10,11,13). The fourth-order valence-corrected chi connectivity index (χ4v) is 0.830. The maximum absolute atomic E-state index is 11.0. The summed E-state index contributed by atoms with van der Waals surface area (Å²) >= 11 is 0. The third kappa shape index (κ3) is 2.72. The number of anilines is 1. The molecule has 0 aromatic carbocycles. The van der Waals surface area contributed by atoms with Crippen LogP contribution in [0.15, 0.2) is 18.3 Å². The largest absolute Gasteiger partial charge is 0.504 e. The van der Waals surface area contributed by atoms with E-state index < -0.39 is 0 Å². The van der Waals surface area contributed by atoms with Crippen LogP contribution < -0.4 is 10.6 Å². The summed E-state index contributed by atoms with van der Waals surface area (Å²) < 4.78 is 0. The van der Waals surface area contributed by atoms with Crippen molar-refractivity contribution in [2.45, 2.75) is 0 Å². The molecule has 0 fully saturated rings. The van der Waals surface area contributed by atoms with Crippen LogP contribution in [0.3, 0.4) is 0 Å². The van der Waals surface area contributed by atoms with E-state index in [2.05, 4.69) is 15.6 Å². The van der Waals surface area contributed by atoms with Gasteiger partial charge < -0.3 is 15.7 Å². The lowest BCUT2D eigenvalue weighted by molar-refractivity contribution is -0.115. The zero-order chi connectivity index (χ0) is 9.68. The van der Waals surface area contributed by atoms with Crippen LogP contribution in [0.4, 0.5) is 5.82 Å². The van der Waals surface area contributed by atoms with Crippen LogP contribution in [0.25, 0.3) is 0 Å². The van der Waals surface area contributed by atoms with Gasteiger partial charge >= 0.3 is 0 Å². The minimum Gasteiger partial charge on any atom is -0.504 e. The Morgan fingerprint density at radius 1 is 1.69 bits per heavy atom. The zero-order valence-electron chi connectivity index (χ0n) is 7.24. The Hall–Kier alpha value is -1.62. The molecule has 3 N–H and O–H groups in total. The van der Waals surface area contributed by atoms with Crippen molar-refractivity contribution in [3.8, 4) is 5.75 Å². The molecule has 5 nitrogen and oxygen atoms in total. The third-order valence-corrected chi connectivity index (χ3v) is 1.38. The van der Waals surface area contributed by atoms with Crippen LogP contribution in [0, 0.1) is 0 Å². The number of aromatic hydroxyl groups is 1. The molecule has 0 spiro atoms.